The van der Waals surface area contributed by atoms with E-state index in [0.717, 1.165) is 31.5 Å². The number of piperidine rings is 1. The van der Waals surface area contributed by atoms with Gasteiger partial charge in [-0.05, 0) is 57.7 Å². The number of rotatable bonds is 4. The lowest BCUT2D eigenvalue weighted by Gasteiger charge is -2.38. The van der Waals surface area contributed by atoms with E-state index in [1.807, 2.05) is 19.3 Å². The molecule has 3 heterocycles. The van der Waals surface area contributed by atoms with E-state index in [4.69, 9.17) is 0 Å². The minimum atomic E-state index is 0.229. The summed E-state index contributed by atoms with van der Waals surface area (Å²) in [5, 5.41) is 4.26. The normalized spacial score (nSPS) is 23.7. The number of likely N-dealkylation sites (tertiary alicyclic amines) is 2. The minimum Gasteiger partial charge on any atom is -0.337 e. The molecule has 3 rings (SSSR count). The molecule has 1 amide bonds. The van der Waals surface area contributed by atoms with Crippen LogP contribution in [0.5, 0.6) is 0 Å². The molecule has 1 aromatic rings. The van der Waals surface area contributed by atoms with Crippen molar-refractivity contribution in [2.75, 3.05) is 26.2 Å². The van der Waals surface area contributed by atoms with Crippen molar-refractivity contribution in [2.45, 2.75) is 64.5 Å². The van der Waals surface area contributed by atoms with Gasteiger partial charge in [0.15, 0.2) is 0 Å². The summed E-state index contributed by atoms with van der Waals surface area (Å²) in [5.41, 5.74) is 1.11. The number of hydrogen-bond donors (Lipinski definition) is 0. The van der Waals surface area contributed by atoms with E-state index < -0.39 is 0 Å². The van der Waals surface area contributed by atoms with Gasteiger partial charge in [0.1, 0.15) is 6.54 Å². The molecule has 128 valence electrons. The van der Waals surface area contributed by atoms with Gasteiger partial charge in [0, 0.05) is 25.3 Å². The Morgan fingerprint density at radius 3 is 2.57 bits per heavy atom. The summed E-state index contributed by atoms with van der Waals surface area (Å²) < 4.78 is 1.77. The second kappa shape index (κ2) is 7.95. The lowest BCUT2D eigenvalue weighted by atomic mass is 10.0. The molecule has 5 heteroatoms. The smallest absolute Gasteiger partial charge is 0.244 e. The van der Waals surface area contributed by atoms with Gasteiger partial charge in [0.05, 0.1) is 6.20 Å². The Bertz CT molecular complexity index is 505. The average molecular weight is 318 g/mol. The third-order valence-corrected chi connectivity index (χ3v) is 5.17. The Balaban J connectivity index is 1.59. The van der Waals surface area contributed by atoms with E-state index in [1.54, 1.807) is 4.68 Å². The second-order valence-corrected chi connectivity index (χ2v) is 7.17. The summed E-state index contributed by atoms with van der Waals surface area (Å²) in [6, 6.07) is 0.394. The molecular formula is C18H30N4O. The zero-order valence-corrected chi connectivity index (χ0v) is 14.4. The Labute approximate surface area is 139 Å². The number of amides is 1. The molecule has 0 unspecified atom stereocenters. The van der Waals surface area contributed by atoms with E-state index in [1.165, 1.54) is 45.2 Å². The Kier molecular flexibility index (Phi) is 5.70. The fraction of sp³-hybridized carbons (Fsp3) is 0.778. The molecule has 5 nitrogen and oxygen atoms in total. The highest BCUT2D eigenvalue weighted by atomic mass is 16.2. The zero-order valence-electron chi connectivity index (χ0n) is 14.4. The Morgan fingerprint density at radius 2 is 1.87 bits per heavy atom. The first-order valence-corrected chi connectivity index (χ1v) is 9.23. The predicted octanol–water partition coefficient (Wildman–Crippen LogP) is 2.45. The molecule has 1 atom stereocenters. The van der Waals surface area contributed by atoms with Crippen LogP contribution in [-0.2, 0) is 11.3 Å². The second-order valence-electron chi connectivity index (χ2n) is 7.17. The quantitative estimate of drug-likeness (QED) is 0.856. The highest BCUT2D eigenvalue weighted by Gasteiger charge is 2.28. The highest BCUT2D eigenvalue weighted by molar-refractivity contribution is 5.76. The first-order chi connectivity index (χ1) is 11.2. The van der Waals surface area contributed by atoms with Crippen molar-refractivity contribution in [3.8, 4) is 0 Å². The molecule has 0 N–H and O–H groups in total. The van der Waals surface area contributed by atoms with Crippen LogP contribution in [0.1, 0.15) is 50.5 Å². The van der Waals surface area contributed by atoms with Gasteiger partial charge in [-0.3, -0.25) is 9.48 Å². The molecule has 0 bridgehead atoms. The summed E-state index contributed by atoms with van der Waals surface area (Å²) in [5.74, 6) is 0.229. The van der Waals surface area contributed by atoms with Crippen LogP contribution in [-0.4, -0.2) is 57.7 Å². The maximum Gasteiger partial charge on any atom is 0.244 e. The average Bonchev–Trinajstić information content (AvgIpc) is 2.80. The van der Waals surface area contributed by atoms with E-state index in [9.17, 15) is 4.79 Å². The van der Waals surface area contributed by atoms with Crippen LogP contribution in [0.4, 0.5) is 0 Å². The van der Waals surface area contributed by atoms with Crippen LogP contribution in [0.15, 0.2) is 12.4 Å². The number of nitrogens with zero attached hydrogens (tertiary/aromatic N) is 4. The van der Waals surface area contributed by atoms with E-state index in [0.29, 0.717) is 12.6 Å². The van der Waals surface area contributed by atoms with Crippen LogP contribution in [0.2, 0.25) is 0 Å². The molecule has 0 aliphatic carbocycles. The molecule has 2 fully saturated rings. The number of aromatic nitrogens is 2. The Morgan fingerprint density at radius 1 is 1.13 bits per heavy atom. The van der Waals surface area contributed by atoms with Crippen molar-refractivity contribution >= 4 is 5.91 Å². The minimum absolute atomic E-state index is 0.229. The van der Waals surface area contributed by atoms with Gasteiger partial charge in [0.25, 0.3) is 0 Å². The van der Waals surface area contributed by atoms with Gasteiger partial charge in [-0.2, -0.15) is 5.10 Å². The fourth-order valence-corrected chi connectivity index (χ4v) is 3.92. The molecule has 0 aromatic carbocycles. The van der Waals surface area contributed by atoms with Crippen molar-refractivity contribution in [3.05, 3.63) is 18.0 Å². The number of carbonyl (C=O) groups excluding carboxylic acids is 1. The maximum absolute atomic E-state index is 12.7. The van der Waals surface area contributed by atoms with Crippen LogP contribution in [0.3, 0.4) is 0 Å². The van der Waals surface area contributed by atoms with Crippen molar-refractivity contribution in [3.63, 3.8) is 0 Å². The van der Waals surface area contributed by atoms with Crippen molar-refractivity contribution < 1.29 is 4.79 Å². The van der Waals surface area contributed by atoms with E-state index in [-0.39, 0.29) is 5.91 Å². The van der Waals surface area contributed by atoms with Gasteiger partial charge in [-0.15, -0.1) is 0 Å². The van der Waals surface area contributed by atoms with Gasteiger partial charge in [0.2, 0.25) is 5.91 Å². The molecule has 0 saturated carbocycles. The molecule has 2 aliphatic rings. The standard InChI is InChI=1S/C18H30N4O/c1-16-12-19-21(13-16)15-18(23)22-11-7-4-8-17(22)14-20-9-5-2-3-6-10-20/h12-13,17H,2-11,14-15H2,1H3/t17-/m1/s1. The van der Waals surface area contributed by atoms with Crippen LogP contribution < -0.4 is 0 Å². The topological polar surface area (TPSA) is 41.4 Å². The lowest BCUT2D eigenvalue weighted by molar-refractivity contribution is -0.136. The first kappa shape index (κ1) is 16.5. The fourth-order valence-electron chi connectivity index (χ4n) is 3.92. The highest BCUT2D eigenvalue weighted by Crippen LogP contribution is 2.20. The number of aryl methyl sites for hydroxylation is 1. The molecule has 1 aromatic heterocycles. The molecular weight excluding hydrogens is 288 g/mol. The summed E-state index contributed by atoms with van der Waals surface area (Å²) in [6.07, 6.45) is 12.7. The van der Waals surface area contributed by atoms with E-state index in [2.05, 4.69) is 14.9 Å². The summed E-state index contributed by atoms with van der Waals surface area (Å²) >= 11 is 0. The number of hydrogen-bond acceptors (Lipinski definition) is 3. The molecule has 2 saturated heterocycles. The maximum atomic E-state index is 12.7. The lowest BCUT2D eigenvalue weighted by Crippen LogP contribution is -2.50. The summed E-state index contributed by atoms with van der Waals surface area (Å²) in [6.45, 7) is 6.77. The molecule has 0 spiro atoms. The monoisotopic (exact) mass is 318 g/mol. The zero-order chi connectivity index (χ0) is 16.1. The van der Waals surface area contributed by atoms with Crippen LogP contribution in [0.25, 0.3) is 0 Å². The van der Waals surface area contributed by atoms with Gasteiger partial charge in [-0.1, -0.05) is 12.8 Å². The van der Waals surface area contributed by atoms with Gasteiger partial charge in [-0.25, -0.2) is 0 Å². The summed E-state index contributed by atoms with van der Waals surface area (Å²) in [4.78, 5) is 17.5. The van der Waals surface area contributed by atoms with Gasteiger partial charge >= 0.3 is 0 Å². The van der Waals surface area contributed by atoms with Crippen LogP contribution in [0, 0.1) is 6.92 Å². The third kappa shape index (κ3) is 4.56. The largest absolute Gasteiger partial charge is 0.337 e. The summed E-state index contributed by atoms with van der Waals surface area (Å²) in [7, 11) is 0. The Hall–Kier alpha value is -1.36. The predicted molar refractivity (Wildman–Crippen MR) is 91.2 cm³/mol. The SMILES string of the molecule is Cc1cnn(CC(=O)N2CCCC[C@@H]2CN2CCCCCC2)c1. The van der Waals surface area contributed by atoms with Crippen molar-refractivity contribution in [1.29, 1.82) is 0 Å². The van der Waals surface area contributed by atoms with Crippen molar-refractivity contribution in [1.82, 2.24) is 19.6 Å². The first-order valence-electron chi connectivity index (χ1n) is 9.23. The third-order valence-electron chi connectivity index (χ3n) is 5.17. The van der Waals surface area contributed by atoms with Crippen LogP contribution >= 0.6 is 0 Å². The van der Waals surface area contributed by atoms with Crippen molar-refractivity contribution in [2.24, 2.45) is 0 Å². The number of carbonyl (C=O) groups is 1. The molecule has 23 heavy (non-hydrogen) atoms. The van der Waals surface area contributed by atoms with E-state index >= 15 is 0 Å². The molecule has 2 aliphatic heterocycles. The molecule has 0 radical (unpaired) electrons. The van der Waals surface area contributed by atoms with Gasteiger partial charge < -0.3 is 9.80 Å².